The molecule has 2 rings (SSSR count). The molecule has 2 aromatic carbocycles. The van der Waals surface area contributed by atoms with Gasteiger partial charge in [-0.25, -0.2) is 4.39 Å². The minimum atomic E-state index is -0.311. The molecule has 0 spiro atoms. The van der Waals surface area contributed by atoms with Crippen LogP contribution in [-0.2, 0) is 6.42 Å². The predicted octanol–water partition coefficient (Wildman–Crippen LogP) is 5.76. The second-order valence-electron chi connectivity index (χ2n) is 5.02. The normalized spacial score (nSPS) is 9.32. The zero-order chi connectivity index (χ0) is 16.2. The zero-order valence-corrected chi connectivity index (χ0v) is 13.1. The Labute approximate surface area is 132 Å². The topological polar surface area (TPSA) is 23.8 Å². The monoisotopic (exact) mass is 295 g/mol. The van der Waals surface area contributed by atoms with Gasteiger partial charge in [0.25, 0.3) is 0 Å². The summed E-state index contributed by atoms with van der Waals surface area (Å²) in [6.07, 6.45) is 7.04. The van der Waals surface area contributed by atoms with Gasteiger partial charge >= 0.3 is 0 Å². The minimum absolute atomic E-state index is 0.311. The second-order valence-corrected chi connectivity index (χ2v) is 5.02. The largest absolute Gasteiger partial charge is 0.207 e. The van der Waals surface area contributed by atoms with Crippen molar-refractivity contribution in [2.45, 2.75) is 32.6 Å². The van der Waals surface area contributed by atoms with Gasteiger partial charge in [0.15, 0.2) is 0 Å². The first-order chi connectivity index (χ1) is 10.7. The van der Waals surface area contributed by atoms with Gasteiger partial charge in [0.1, 0.15) is 5.82 Å². The quantitative estimate of drug-likeness (QED) is 0.643. The molecule has 0 fully saturated rings. The van der Waals surface area contributed by atoms with E-state index in [1.54, 1.807) is 0 Å². The Morgan fingerprint density at radius 2 is 1.68 bits per heavy atom. The fraction of sp³-hybridized carbons (Fsp3) is 0.250. The number of benzene rings is 2. The third kappa shape index (κ3) is 6.85. The van der Waals surface area contributed by atoms with Crippen LogP contribution < -0.4 is 0 Å². The number of aryl methyl sites for hydroxylation is 1. The van der Waals surface area contributed by atoms with Crippen LogP contribution in [0, 0.1) is 17.1 Å². The van der Waals surface area contributed by atoms with E-state index in [1.165, 1.54) is 61.1 Å². The number of rotatable bonds is 5. The number of nitrogens with zero attached hydrogens (tertiary/aromatic N) is 1. The molecular formula is C20H22FN. The van der Waals surface area contributed by atoms with Gasteiger partial charge in [-0.05, 0) is 48.2 Å². The third-order valence-electron chi connectivity index (χ3n) is 3.26. The van der Waals surface area contributed by atoms with Crippen molar-refractivity contribution in [2.75, 3.05) is 0 Å². The van der Waals surface area contributed by atoms with Crippen LogP contribution >= 0.6 is 0 Å². The van der Waals surface area contributed by atoms with Crippen LogP contribution in [0.3, 0.4) is 0 Å². The van der Waals surface area contributed by atoms with E-state index in [9.17, 15) is 4.39 Å². The fourth-order valence-corrected chi connectivity index (χ4v) is 1.92. The highest BCUT2D eigenvalue weighted by molar-refractivity contribution is 5.47. The van der Waals surface area contributed by atoms with E-state index < -0.39 is 0 Å². The van der Waals surface area contributed by atoms with E-state index >= 15 is 0 Å². The van der Waals surface area contributed by atoms with Crippen LogP contribution in [0.4, 0.5) is 4.39 Å². The Kier molecular flexibility index (Phi) is 8.30. The lowest BCUT2D eigenvalue weighted by molar-refractivity contribution is 0.627. The smallest absolute Gasteiger partial charge is 0.123 e. The molecule has 0 aromatic heterocycles. The van der Waals surface area contributed by atoms with Crippen molar-refractivity contribution < 1.29 is 4.39 Å². The zero-order valence-electron chi connectivity index (χ0n) is 13.1. The van der Waals surface area contributed by atoms with E-state index in [0.29, 0.717) is 5.56 Å². The summed E-state index contributed by atoms with van der Waals surface area (Å²) in [5.41, 5.74) is 3.13. The number of nitriles is 1. The van der Waals surface area contributed by atoms with Gasteiger partial charge in [-0.1, -0.05) is 56.7 Å². The van der Waals surface area contributed by atoms with E-state index in [-0.39, 0.29) is 5.82 Å². The molecule has 0 atom stereocenters. The van der Waals surface area contributed by atoms with Gasteiger partial charge in [0.05, 0.1) is 11.6 Å². The van der Waals surface area contributed by atoms with Gasteiger partial charge in [0.2, 0.25) is 0 Å². The SMILES string of the molecule is C=Cc1ccc(CCCCC)cc1.N#Cc1ccc(F)cc1. The molecule has 0 saturated carbocycles. The highest BCUT2D eigenvalue weighted by Crippen LogP contribution is 2.09. The number of hydrogen-bond acceptors (Lipinski definition) is 1. The molecule has 0 aliphatic carbocycles. The van der Waals surface area contributed by atoms with Crippen LogP contribution in [0.25, 0.3) is 6.08 Å². The first-order valence-corrected chi connectivity index (χ1v) is 7.56. The van der Waals surface area contributed by atoms with Gasteiger partial charge in [-0.3, -0.25) is 0 Å². The first-order valence-electron chi connectivity index (χ1n) is 7.56. The summed E-state index contributed by atoms with van der Waals surface area (Å²) in [7, 11) is 0. The highest BCUT2D eigenvalue weighted by atomic mass is 19.1. The van der Waals surface area contributed by atoms with Gasteiger partial charge < -0.3 is 0 Å². The number of hydrogen-bond donors (Lipinski definition) is 0. The van der Waals surface area contributed by atoms with Crippen LogP contribution in [0.2, 0.25) is 0 Å². The molecule has 0 N–H and O–H groups in total. The summed E-state index contributed by atoms with van der Waals surface area (Å²) >= 11 is 0. The Morgan fingerprint density at radius 1 is 1.05 bits per heavy atom. The van der Waals surface area contributed by atoms with Crippen LogP contribution in [0.1, 0.15) is 42.9 Å². The Hall–Kier alpha value is -2.40. The molecule has 0 aliphatic heterocycles. The summed E-state index contributed by atoms with van der Waals surface area (Å²) in [6, 6.07) is 16.0. The van der Waals surface area contributed by atoms with Gasteiger partial charge in [-0.15, -0.1) is 0 Å². The third-order valence-corrected chi connectivity index (χ3v) is 3.26. The Bertz CT molecular complexity index is 591. The van der Waals surface area contributed by atoms with Gasteiger partial charge in [0, 0.05) is 0 Å². The van der Waals surface area contributed by atoms with Crippen molar-refractivity contribution >= 4 is 6.08 Å². The van der Waals surface area contributed by atoms with E-state index in [1.807, 2.05) is 12.1 Å². The Morgan fingerprint density at radius 3 is 2.18 bits per heavy atom. The molecule has 22 heavy (non-hydrogen) atoms. The molecule has 2 aromatic rings. The molecule has 0 radical (unpaired) electrons. The van der Waals surface area contributed by atoms with Crippen molar-refractivity contribution in [3.63, 3.8) is 0 Å². The summed E-state index contributed by atoms with van der Waals surface area (Å²) in [6.45, 7) is 5.97. The molecule has 1 nitrogen and oxygen atoms in total. The van der Waals surface area contributed by atoms with Crippen LogP contribution in [0.5, 0.6) is 0 Å². The van der Waals surface area contributed by atoms with Crippen molar-refractivity contribution in [3.05, 3.63) is 77.6 Å². The number of unbranched alkanes of at least 4 members (excludes halogenated alkanes) is 2. The molecule has 0 heterocycles. The molecule has 0 bridgehead atoms. The average Bonchev–Trinajstić information content (AvgIpc) is 2.57. The first kappa shape index (κ1) is 17.7. The summed E-state index contributed by atoms with van der Waals surface area (Å²) in [5, 5.41) is 8.26. The predicted molar refractivity (Wildman–Crippen MR) is 90.9 cm³/mol. The summed E-state index contributed by atoms with van der Waals surface area (Å²) in [4.78, 5) is 0. The Balaban J connectivity index is 0.000000235. The van der Waals surface area contributed by atoms with Crippen molar-refractivity contribution in [2.24, 2.45) is 0 Å². The molecule has 0 aliphatic rings. The maximum Gasteiger partial charge on any atom is 0.123 e. The lowest BCUT2D eigenvalue weighted by Crippen LogP contribution is -1.84. The molecule has 0 unspecified atom stereocenters. The maximum absolute atomic E-state index is 12.1. The van der Waals surface area contributed by atoms with Gasteiger partial charge in [-0.2, -0.15) is 5.26 Å². The lowest BCUT2D eigenvalue weighted by atomic mass is 10.1. The molecule has 2 heteroatoms. The summed E-state index contributed by atoms with van der Waals surface area (Å²) in [5.74, 6) is -0.311. The minimum Gasteiger partial charge on any atom is -0.207 e. The average molecular weight is 295 g/mol. The molecule has 0 saturated heterocycles. The van der Waals surface area contributed by atoms with E-state index in [2.05, 4.69) is 37.8 Å². The van der Waals surface area contributed by atoms with Crippen molar-refractivity contribution in [1.82, 2.24) is 0 Å². The second kappa shape index (κ2) is 10.3. The highest BCUT2D eigenvalue weighted by Gasteiger charge is 1.92. The fourth-order valence-electron chi connectivity index (χ4n) is 1.92. The van der Waals surface area contributed by atoms with E-state index in [4.69, 9.17) is 5.26 Å². The van der Waals surface area contributed by atoms with Crippen LogP contribution in [-0.4, -0.2) is 0 Å². The maximum atomic E-state index is 12.1. The molecular weight excluding hydrogens is 273 g/mol. The summed E-state index contributed by atoms with van der Waals surface area (Å²) < 4.78 is 12.1. The molecule has 0 amide bonds. The van der Waals surface area contributed by atoms with Crippen molar-refractivity contribution in [1.29, 1.82) is 5.26 Å². The number of halogens is 1. The van der Waals surface area contributed by atoms with E-state index in [0.717, 1.165) is 0 Å². The van der Waals surface area contributed by atoms with Crippen LogP contribution in [0.15, 0.2) is 55.1 Å². The standard InChI is InChI=1S/C13H18.C7H4FN/c1-3-5-6-7-13-10-8-12(4-2)9-11-13;8-7-3-1-6(5-9)2-4-7/h4,8-11H,2-3,5-7H2,1H3;1-4H. The lowest BCUT2D eigenvalue weighted by Gasteiger charge is -2.00. The molecule has 114 valence electrons. The van der Waals surface area contributed by atoms with Crippen molar-refractivity contribution in [3.8, 4) is 6.07 Å².